The van der Waals surface area contributed by atoms with Gasteiger partial charge >= 0.3 is 0 Å². The molecule has 2 fully saturated rings. The first-order valence-corrected chi connectivity index (χ1v) is 11.9. The molecule has 0 amide bonds. The number of benzene rings is 1. The largest absolute Gasteiger partial charge is 0.491 e. The second-order valence-corrected chi connectivity index (χ2v) is 8.34. The maximum Gasteiger partial charge on any atom is 0.191 e. The van der Waals surface area contributed by atoms with Gasteiger partial charge in [0, 0.05) is 38.3 Å². The first-order valence-electron chi connectivity index (χ1n) is 11.9. The Hall–Kier alpha value is -1.10. The SMILES string of the molecule is CCNC(=NCc1ccc(C)cc1OCC1CCCO1)NCCCCN1CCOCC1.I. The standard InChI is InChI=1S/C24H40N4O3.HI/c1-3-25-24(26-10-4-5-11-28-12-15-29-16-13-28)27-18-21-9-8-20(2)17-23(21)31-19-22-7-6-14-30-22;/h8-9,17,22H,3-7,10-16,18-19H2,1-2H3,(H2,25,26,27);1H. The van der Waals surface area contributed by atoms with Crippen LogP contribution in [0.5, 0.6) is 5.75 Å². The fraction of sp³-hybridized carbons (Fsp3) is 0.708. The van der Waals surface area contributed by atoms with Crippen molar-refractivity contribution in [1.82, 2.24) is 15.5 Å². The summed E-state index contributed by atoms with van der Waals surface area (Å²) in [5, 5.41) is 6.82. The Morgan fingerprint density at radius 3 is 2.78 bits per heavy atom. The summed E-state index contributed by atoms with van der Waals surface area (Å²) in [6.45, 7) is 13.0. The lowest BCUT2D eigenvalue weighted by molar-refractivity contribution is 0.0372. The first-order chi connectivity index (χ1) is 15.2. The summed E-state index contributed by atoms with van der Waals surface area (Å²) in [4.78, 5) is 7.28. The van der Waals surface area contributed by atoms with Crippen LogP contribution < -0.4 is 15.4 Å². The number of rotatable bonds is 11. The predicted octanol–water partition coefficient (Wildman–Crippen LogP) is 3.34. The number of morpholine rings is 1. The van der Waals surface area contributed by atoms with E-state index in [0.717, 1.165) is 89.1 Å². The molecule has 2 aliphatic heterocycles. The van der Waals surface area contributed by atoms with Crippen molar-refractivity contribution < 1.29 is 14.2 Å². The van der Waals surface area contributed by atoms with Crippen LogP contribution in [-0.4, -0.2) is 76.1 Å². The van der Waals surface area contributed by atoms with Crippen molar-refractivity contribution in [3.63, 3.8) is 0 Å². The summed E-state index contributed by atoms with van der Waals surface area (Å²) < 4.78 is 17.2. The number of aryl methyl sites for hydroxylation is 1. The van der Waals surface area contributed by atoms with Crippen LogP contribution in [0.25, 0.3) is 0 Å². The van der Waals surface area contributed by atoms with E-state index in [9.17, 15) is 0 Å². The summed E-state index contributed by atoms with van der Waals surface area (Å²) in [6, 6.07) is 6.34. The van der Waals surface area contributed by atoms with Crippen LogP contribution in [0.4, 0.5) is 0 Å². The summed E-state index contributed by atoms with van der Waals surface area (Å²) >= 11 is 0. The van der Waals surface area contributed by atoms with Gasteiger partial charge in [-0.05, 0) is 57.7 Å². The highest BCUT2D eigenvalue weighted by Gasteiger charge is 2.17. The van der Waals surface area contributed by atoms with Crippen LogP contribution in [0.15, 0.2) is 23.2 Å². The molecule has 1 unspecified atom stereocenters. The Labute approximate surface area is 210 Å². The van der Waals surface area contributed by atoms with E-state index in [1.54, 1.807) is 0 Å². The van der Waals surface area contributed by atoms with Crippen LogP contribution >= 0.6 is 24.0 Å². The van der Waals surface area contributed by atoms with E-state index in [1.807, 2.05) is 0 Å². The number of nitrogens with one attached hydrogen (secondary N) is 2. The van der Waals surface area contributed by atoms with Crippen molar-refractivity contribution in [2.24, 2.45) is 4.99 Å². The monoisotopic (exact) mass is 560 g/mol. The van der Waals surface area contributed by atoms with Gasteiger partial charge in [0.15, 0.2) is 5.96 Å². The number of halogens is 1. The molecule has 0 aromatic heterocycles. The van der Waals surface area contributed by atoms with Gasteiger partial charge in [0.2, 0.25) is 0 Å². The average molecular weight is 561 g/mol. The van der Waals surface area contributed by atoms with E-state index in [4.69, 9.17) is 19.2 Å². The van der Waals surface area contributed by atoms with Crippen molar-refractivity contribution >= 4 is 29.9 Å². The highest BCUT2D eigenvalue weighted by molar-refractivity contribution is 14.0. The van der Waals surface area contributed by atoms with Crippen LogP contribution in [0.3, 0.4) is 0 Å². The minimum absolute atomic E-state index is 0. The number of hydrogen-bond donors (Lipinski definition) is 2. The molecule has 1 aromatic carbocycles. The van der Waals surface area contributed by atoms with Crippen molar-refractivity contribution in [2.45, 2.75) is 52.2 Å². The predicted molar refractivity (Wildman–Crippen MR) is 140 cm³/mol. The summed E-state index contributed by atoms with van der Waals surface area (Å²) in [7, 11) is 0. The molecule has 32 heavy (non-hydrogen) atoms. The zero-order valence-corrected chi connectivity index (χ0v) is 22.1. The highest BCUT2D eigenvalue weighted by atomic mass is 127. The average Bonchev–Trinajstić information content (AvgIpc) is 3.31. The van der Waals surface area contributed by atoms with Crippen LogP contribution in [0, 0.1) is 6.92 Å². The van der Waals surface area contributed by atoms with Gasteiger partial charge in [0.25, 0.3) is 0 Å². The van der Waals surface area contributed by atoms with E-state index < -0.39 is 0 Å². The minimum Gasteiger partial charge on any atom is -0.491 e. The Balaban J connectivity index is 0.00000363. The quantitative estimate of drug-likeness (QED) is 0.187. The van der Waals surface area contributed by atoms with Gasteiger partial charge in [-0.25, -0.2) is 4.99 Å². The van der Waals surface area contributed by atoms with Crippen molar-refractivity contribution in [1.29, 1.82) is 0 Å². The van der Waals surface area contributed by atoms with Crippen LogP contribution in [0.1, 0.15) is 43.7 Å². The zero-order chi connectivity index (χ0) is 21.7. The van der Waals surface area contributed by atoms with E-state index in [0.29, 0.717) is 13.2 Å². The van der Waals surface area contributed by atoms with Crippen molar-refractivity contribution in [3.8, 4) is 5.75 Å². The van der Waals surface area contributed by atoms with Crippen LogP contribution in [0.2, 0.25) is 0 Å². The minimum atomic E-state index is 0. The van der Waals surface area contributed by atoms with Gasteiger partial charge in [-0.2, -0.15) is 0 Å². The Morgan fingerprint density at radius 1 is 1.19 bits per heavy atom. The molecule has 3 rings (SSSR count). The Kier molecular flexibility index (Phi) is 13.3. The molecular weight excluding hydrogens is 519 g/mol. The third-order valence-corrected chi connectivity index (χ3v) is 5.72. The normalized spacial score (nSPS) is 19.4. The number of guanidine groups is 1. The number of nitrogens with zero attached hydrogens (tertiary/aromatic N) is 2. The summed E-state index contributed by atoms with van der Waals surface area (Å²) in [5.41, 5.74) is 2.30. The number of unbranched alkanes of at least 4 members (excludes halogenated alkanes) is 1. The third-order valence-electron chi connectivity index (χ3n) is 5.72. The lowest BCUT2D eigenvalue weighted by atomic mass is 10.1. The van der Waals surface area contributed by atoms with E-state index >= 15 is 0 Å². The molecular formula is C24H41IN4O3. The van der Waals surface area contributed by atoms with Crippen molar-refractivity contribution in [2.75, 3.05) is 59.2 Å². The van der Waals surface area contributed by atoms with Gasteiger partial charge in [-0.3, -0.25) is 4.90 Å². The molecule has 0 aliphatic carbocycles. The molecule has 182 valence electrons. The van der Waals surface area contributed by atoms with Gasteiger partial charge in [0.1, 0.15) is 12.4 Å². The van der Waals surface area contributed by atoms with E-state index in [2.05, 4.69) is 47.6 Å². The van der Waals surface area contributed by atoms with Gasteiger partial charge in [0.05, 0.1) is 25.9 Å². The summed E-state index contributed by atoms with van der Waals surface area (Å²) in [6.07, 6.45) is 4.74. The fourth-order valence-corrected chi connectivity index (χ4v) is 3.88. The maximum atomic E-state index is 6.12. The van der Waals surface area contributed by atoms with Gasteiger partial charge in [-0.1, -0.05) is 12.1 Å². The molecule has 0 bridgehead atoms. The second kappa shape index (κ2) is 15.7. The number of hydrogen-bond acceptors (Lipinski definition) is 5. The third kappa shape index (κ3) is 9.80. The Morgan fingerprint density at radius 2 is 2.03 bits per heavy atom. The molecule has 0 spiro atoms. The molecule has 2 saturated heterocycles. The first kappa shape index (κ1) is 27.1. The molecule has 2 heterocycles. The van der Waals surface area contributed by atoms with Crippen LogP contribution in [-0.2, 0) is 16.0 Å². The van der Waals surface area contributed by atoms with E-state index in [1.165, 1.54) is 12.0 Å². The molecule has 2 aliphatic rings. The van der Waals surface area contributed by atoms with E-state index in [-0.39, 0.29) is 30.1 Å². The van der Waals surface area contributed by atoms with Crippen molar-refractivity contribution in [3.05, 3.63) is 29.3 Å². The molecule has 0 radical (unpaired) electrons. The smallest absolute Gasteiger partial charge is 0.191 e. The highest BCUT2D eigenvalue weighted by Crippen LogP contribution is 2.23. The molecule has 1 atom stereocenters. The number of aliphatic imine (C=N–C) groups is 1. The van der Waals surface area contributed by atoms with Gasteiger partial charge in [-0.15, -0.1) is 24.0 Å². The lowest BCUT2D eigenvalue weighted by Gasteiger charge is -2.26. The molecule has 2 N–H and O–H groups in total. The Bertz CT molecular complexity index is 677. The molecule has 8 heteroatoms. The number of ether oxygens (including phenoxy) is 3. The zero-order valence-electron chi connectivity index (χ0n) is 19.7. The lowest BCUT2D eigenvalue weighted by Crippen LogP contribution is -2.39. The molecule has 0 saturated carbocycles. The second-order valence-electron chi connectivity index (χ2n) is 8.34. The fourth-order valence-electron chi connectivity index (χ4n) is 3.88. The molecule has 1 aromatic rings. The van der Waals surface area contributed by atoms with Gasteiger partial charge < -0.3 is 24.8 Å². The summed E-state index contributed by atoms with van der Waals surface area (Å²) in [5.74, 6) is 1.78. The topological polar surface area (TPSA) is 67.4 Å². The molecule has 7 nitrogen and oxygen atoms in total. The maximum absolute atomic E-state index is 6.12.